The van der Waals surface area contributed by atoms with Gasteiger partial charge >= 0.3 is 0 Å². The maximum atomic E-state index is 6.24. The Hall–Kier alpha value is 0.250. The summed E-state index contributed by atoms with van der Waals surface area (Å²) >= 11 is 6.24. The maximum absolute atomic E-state index is 6.24. The van der Waals surface area contributed by atoms with Gasteiger partial charge in [0.2, 0.25) is 0 Å². The van der Waals surface area contributed by atoms with Crippen LogP contribution in [0.3, 0.4) is 0 Å². The largest absolute Gasteiger partial charge is 0.313 e. The average molecular weight is 302 g/mol. The van der Waals surface area contributed by atoms with Gasteiger partial charge in [0.25, 0.3) is 0 Å². The third-order valence-electron chi connectivity index (χ3n) is 5.07. The Morgan fingerprint density at radius 3 is 1.85 bits per heavy atom. The van der Waals surface area contributed by atoms with E-state index >= 15 is 0 Å². The summed E-state index contributed by atoms with van der Waals surface area (Å²) in [7, 11) is 0. The van der Waals surface area contributed by atoms with Crippen molar-refractivity contribution in [2.45, 2.75) is 103 Å². The SMILES string of the molecule is CCCCCCCCCCCCNC1CC(Cl)C1(C)C. The minimum atomic E-state index is 0.292. The second kappa shape index (κ2) is 10.1. The minimum absolute atomic E-state index is 0.292. The zero-order valence-corrected chi connectivity index (χ0v) is 14.8. The Kier molecular flexibility index (Phi) is 9.20. The summed E-state index contributed by atoms with van der Waals surface area (Å²) in [6, 6.07) is 0.642. The first-order valence-electron chi connectivity index (χ1n) is 8.96. The molecule has 0 spiro atoms. The molecule has 0 bridgehead atoms. The molecule has 2 atom stereocenters. The number of halogens is 1. The molecule has 0 aromatic carbocycles. The topological polar surface area (TPSA) is 12.0 Å². The smallest absolute Gasteiger partial charge is 0.0416 e. The van der Waals surface area contributed by atoms with Crippen molar-refractivity contribution in [1.82, 2.24) is 5.32 Å². The molecule has 0 saturated heterocycles. The molecule has 1 fully saturated rings. The normalized spacial score (nSPS) is 24.6. The first kappa shape index (κ1) is 18.3. The molecule has 0 aromatic heterocycles. The van der Waals surface area contributed by atoms with Crippen LogP contribution in [0.5, 0.6) is 0 Å². The molecule has 0 radical (unpaired) electrons. The number of rotatable bonds is 12. The molecule has 1 N–H and O–H groups in total. The second-order valence-electron chi connectivity index (χ2n) is 7.21. The third-order valence-corrected chi connectivity index (χ3v) is 5.81. The minimum Gasteiger partial charge on any atom is -0.313 e. The van der Waals surface area contributed by atoms with Gasteiger partial charge in [-0.2, -0.15) is 0 Å². The van der Waals surface area contributed by atoms with Crippen molar-refractivity contribution in [3.8, 4) is 0 Å². The van der Waals surface area contributed by atoms with Crippen molar-refractivity contribution in [2.75, 3.05) is 6.54 Å². The van der Waals surface area contributed by atoms with E-state index in [1.54, 1.807) is 0 Å². The van der Waals surface area contributed by atoms with Crippen molar-refractivity contribution in [3.05, 3.63) is 0 Å². The number of hydrogen-bond donors (Lipinski definition) is 1. The lowest BCUT2D eigenvalue weighted by molar-refractivity contribution is 0.117. The average Bonchev–Trinajstić information content (AvgIpc) is 2.43. The highest BCUT2D eigenvalue weighted by Gasteiger charge is 2.46. The maximum Gasteiger partial charge on any atom is 0.0416 e. The van der Waals surface area contributed by atoms with E-state index in [-0.39, 0.29) is 0 Å². The predicted octanol–water partition coefficient (Wildman–Crippen LogP) is 5.90. The van der Waals surface area contributed by atoms with Crippen LogP contribution in [0.4, 0.5) is 0 Å². The molecule has 20 heavy (non-hydrogen) atoms. The van der Waals surface area contributed by atoms with Crippen LogP contribution in [0.1, 0.15) is 91.4 Å². The highest BCUT2D eigenvalue weighted by atomic mass is 35.5. The molecule has 1 nitrogen and oxygen atoms in total. The third kappa shape index (κ3) is 6.35. The highest BCUT2D eigenvalue weighted by molar-refractivity contribution is 6.21. The Morgan fingerprint density at radius 1 is 0.900 bits per heavy atom. The van der Waals surface area contributed by atoms with Crippen LogP contribution < -0.4 is 5.32 Å². The molecular formula is C18H36ClN. The lowest BCUT2D eigenvalue weighted by atomic mass is 9.67. The summed E-state index contributed by atoms with van der Waals surface area (Å²) in [5.74, 6) is 0. The van der Waals surface area contributed by atoms with E-state index < -0.39 is 0 Å². The van der Waals surface area contributed by atoms with E-state index in [1.165, 1.54) is 70.8 Å². The van der Waals surface area contributed by atoms with E-state index in [1.807, 2.05) is 0 Å². The summed E-state index contributed by atoms with van der Waals surface area (Å²) in [6.07, 6.45) is 15.3. The van der Waals surface area contributed by atoms with Gasteiger partial charge in [0.1, 0.15) is 0 Å². The van der Waals surface area contributed by atoms with Gasteiger partial charge in [-0.15, -0.1) is 11.6 Å². The summed E-state index contributed by atoms with van der Waals surface area (Å²) in [4.78, 5) is 0. The molecule has 1 rings (SSSR count). The standard InChI is InChI=1S/C18H36ClN/c1-4-5-6-7-8-9-10-11-12-13-14-20-17-15-16(19)18(17,2)3/h16-17,20H,4-15H2,1-3H3. The molecule has 2 unspecified atom stereocenters. The Labute approximate surface area is 132 Å². The zero-order chi connectivity index (χ0) is 14.8. The Morgan fingerprint density at radius 2 is 1.40 bits per heavy atom. The number of alkyl halides is 1. The first-order chi connectivity index (χ1) is 9.59. The zero-order valence-electron chi connectivity index (χ0n) is 14.0. The molecule has 1 aliphatic rings. The van der Waals surface area contributed by atoms with Crippen molar-refractivity contribution in [2.24, 2.45) is 5.41 Å². The summed E-state index contributed by atoms with van der Waals surface area (Å²) < 4.78 is 0. The van der Waals surface area contributed by atoms with E-state index in [4.69, 9.17) is 11.6 Å². The van der Waals surface area contributed by atoms with Crippen molar-refractivity contribution in [3.63, 3.8) is 0 Å². The van der Waals surface area contributed by atoms with E-state index in [2.05, 4.69) is 26.1 Å². The molecular weight excluding hydrogens is 266 g/mol. The molecule has 0 aromatic rings. The van der Waals surface area contributed by atoms with Crippen LogP contribution in [0.2, 0.25) is 0 Å². The molecule has 0 amide bonds. The fourth-order valence-corrected chi connectivity index (χ4v) is 3.44. The molecule has 0 aliphatic heterocycles. The lowest BCUT2D eigenvalue weighted by Crippen LogP contribution is -2.57. The lowest BCUT2D eigenvalue weighted by Gasteiger charge is -2.49. The van der Waals surface area contributed by atoms with Gasteiger partial charge in [-0.25, -0.2) is 0 Å². The van der Waals surface area contributed by atoms with E-state index in [0.717, 1.165) is 6.42 Å². The van der Waals surface area contributed by atoms with Gasteiger partial charge in [-0.05, 0) is 24.8 Å². The first-order valence-corrected chi connectivity index (χ1v) is 9.40. The molecule has 1 aliphatic carbocycles. The van der Waals surface area contributed by atoms with Gasteiger partial charge < -0.3 is 5.32 Å². The quantitative estimate of drug-likeness (QED) is 0.349. The number of unbranched alkanes of at least 4 members (excludes halogenated alkanes) is 9. The van der Waals surface area contributed by atoms with Gasteiger partial charge in [0.05, 0.1) is 0 Å². The van der Waals surface area contributed by atoms with Gasteiger partial charge in [0.15, 0.2) is 0 Å². The summed E-state index contributed by atoms with van der Waals surface area (Å²) in [5.41, 5.74) is 0.292. The van der Waals surface area contributed by atoms with Crippen LogP contribution in [0, 0.1) is 5.41 Å². The van der Waals surface area contributed by atoms with Crippen molar-refractivity contribution < 1.29 is 0 Å². The number of hydrogen-bond acceptors (Lipinski definition) is 1. The van der Waals surface area contributed by atoms with Crippen LogP contribution in [0.15, 0.2) is 0 Å². The summed E-state index contributed by atoms with van der Waals surface area (Å²) in [6.45, 7) is 8.02. The number of nitrogens with one attached hydrogen (secondary N) is 1. The summed E-state index contributed by atoms with van der Waals surface area (Å²) in [5, 5.41) is 4.05. The Balaban J connectivity index is 1.79. The van der Waals surface area contributed by atoms with Gasteiger partial charge in [-0.1, -0.05) is 78.6 Å². The Bertz CT molecular complexity index is 240. The van der Waals surface area contributed by atoms with Crippen LogP contribution in [0.25, 0.3) is 0 Å². The van der Waals surface area contributed by atoms with E-state index in [0.29, 0.717) is 16.8 Å². The highest BCUT2D eigenvalue weighted by Crippen LogP contribution is 2.44. The predicted molar refractivity (Wildman–Crippen MR) is 91.7 cm³/mol. The van der Waals surface area contributed by atoms with Crippen molar-refractivity contribution in [1.29, 1.82) is 0 Å². The molecule has 1 saturated carbocycles. The van der Waals surface area contributed by atoms with Crippen LogP contribution >= 0.6 is 11.6 Å². The van der Waals surface area contributed by atoms with Gasteiger partial charge in [0, 0.05) is 11.4 Å². The second-order valence-corrected chi connectivity index (χ2v) is 7.74. The molecule has 2 heteroatoms. The fourth-order valence-electron chi connectivity index (χ4n) is 3.11. The van der Waals surface area contributed by atoms with Crippen molar-refractivity contribution >= 4 is 11.6 Å². The molecule has 120 valence electrons. The van der Waals surface area contributed by atoms with Crippen LogP contribution in [-0.4, -0.2) is 18.0 Å². The van der Waals surface area contributed by atoms with E-state index in [9.17, 15) is 0 Å². The van der Waals surface area contributed by atoms with Gasteiger partial charge in [-0.3, -0.25) is 0 Å². The van der Waals surface area contributed by atoms with Crippen LogP contribution in [-0.2, 0) is 0 Å². The molecule has 0 heterocycles. The monoisotopic (exact) mass is 301 g/mol. The fraction of sp³-hybridized carbons (Fsp3) is 1.00.